The second kappa shape index (κ2) is 8.12. The van der Waals surface area contributed by atoms with E-state index in [2.05, 4.69) is 5.32 Å². The third-order valence-electron chi connectivity index (χ3n) is 3.61. The van der Waals surface area contributed by atoms with Gasteiger partial charge >= 0.3 is 0 Å². The van der Waals surface area contributed by atoms with Crippen molar-refractivity contribution in [2.24, 2.45) is 0 Å². The van der Waals surface area contributed by atoms with Crippen molar-refractivity contribution in [3.8, 4) is 0 Å². The predicted molar refractivity (Wildman–Crippen MR) is 84.6 cm³/mol. The summed E-state index contributed by atoms with van der Waals surface area (Å²) in [4.78, 5) is 16.3. The Morgan fingerprint density at radius 3 is 2.76 bits per heavy atom. The first kappa shape index (κ1) is 15.9. The van der Waals surface area contributed by atoms with E-state index < -0.39 is 0 Å². The number of morpholine rings is 1. The normalized spacial score (nSPS) is 18.7. The zero-order valence-corrected chi connectivity index (χ0v) is 12.9. The summed E-state index contributed by atoms with van der Waals surface area (Å²) in [6.07, 6.45) is 0.170. The van der Waals surface area contributed by atoms with Crippen LogP contribution in [0.1, 0.15) is 6.92 Å². The first-order valence-electron chi connectivity index (χ1n) is 7.57. The lowest BCUT2D eigenvalue weighted by atomic mass is 10.2. The summed E-state index contributed by atoms with van der Waals surface area (Å²) in [5.41, 5.74) is 0.953. The van der Waals surface area contributed by atoms with Crippen LogP contribution < -0.4 is 10.2 Å². The second-order valence-electron chi connectivity index (χ2n) is 5.37. The Morgan fingerprint density at radius 2 is 2.14 bits per heavy atom. The van der Waals surface area contributed by atoms with Crippen molar-refractivity contribution in [3.05, 3.63) is 30.3 Å². The molecule has 21 heavy (non-hydrogen) atoms. The van der Waals surface area contributed by atoms with Crippen LogP contribution in [0.15, 0.2) is 30.3 Å². The highest BCUT2D eigenvalue weighted by Gasteiger charge is 2.19. The molecule has 1 saturated heterocycles. The predicted octanol–water partition coefficient (Wildman–Crippen LogP) is 0.960. The van der Waals surface area contributed by atoms with Crippen LogP contribution in [0.25, 0.3) is 0 Å². The molecule has 0 aromatic heterocycles. The summed E-state index contributed by atoms with van der Waals surface area (Å²) in [7, 11) is 1.97. The quantitative estimate of drug-likeness (QED) is 0.848. The molecular formula is C16H25N3O2. The fourth-order valence-electron chi connectivity index (χ4n) is 2.58. The number of nitrogens with zero attached hydrogens (tertiary/aromatic N) is 2. The molecule has 0 bridgehead atoms. The third-order valence-corrected chi connectivity index (χ3v) is 3.61. The summed E-state index contributed by atoms with van der Waals surface area (Å²) in [6, 6.07) is 9.81. The Labute approximate surface area is 126 Å². The van der Waals surface area contributed by atoms with Gasteiger partial charge in [-0.2, -0.15) is 0 Å². The van der Waals surface area contributed by atoms with E-state index in [1.165, 1.54) is 0 Å². The largest absolute Gasteiger partial charge is 0.374 e. The molecule has 1 aliphatic rings. The van der Waals surface area contributed by atoms with Crippen LogP contribution in [0.2, 0.25) is 0 Å². The van der Waals surface area contributed by atoms with Crippen molar-refractivity contribution in [2.45, 2.75) is 13.0 Å². The molecule has 1 atom stereocenters. The van der Waals surface area contributed by atoms with Gasteiger partial charge in [0, 0.05) is 31.9 Å². The third kappa shape index (κ3) is 4.81. The van der Waals surface area contributed by atoms with Crippen molar-refractivity contribution >= 4 is 11.6 Å². The van der Waals surface area contributed by atoms with E-state index in [1.807, 2.05) is 54.1 Å². The molecule has 2 rings (SSSR count). The zero-order chi connectivity index (χ0) is 15.1. The van der Waals surface area contributed by atoms with Gasteiger partial charge in [0.15, 0.2) is 0 Å². The van der Waals surface area contributed by atoms with E-state index in [1.54, 1.807) is 0 Å². The lowest BCUT2D eigenvalue weighted by Crippen LogP contribution is -2.47. The Kier molecular flexibility index (Phi) is 6.17. The molecule has 5 heteroatoms. The van der Waals surface area contributed by atoms with E-state index >= 15 is 0 Å². The standard InChI is InChI=1S/C16H25N3O2/c1-3-19(14-7-5-4-6-8-14)16(20)13-18(2)12-15-11-17-9-10-21-15/h4-8,15,17H,3,9-13H2,1-2H3. The number of amides is 1. The molecule has 1 aromatic carbocycles. The molecular weight excluding hydrogens is 266 g/mol. The minimum absolute atomic E-state index is 0.120. The van der Waals surface area contributed by atoms with Crippen molar-refractivity contribution in [3.63, 3.8) is 0 Å². The Balaban J connectivity index is 1.86. The summed E-state index contributed by atoms with van der Waals surface area (Å²) < 4.78 is 5.67. The van der Waals surface area contributed by atoms with Gasteiger partial charge in [-0.1, -0.05) is 18.2 Å². The van der Waals surface area contributed by atoms with Crippen LogP contribution in [-0.2, 0) is 9.53 Å². The molecule has 1 amide bonds. The van der Waals surface area contributed by atoms with Crippen molar-refractivity contribution in [1.82, 2.24) is 10.2 Å². The van der Waals surface area contributed by atoms with Gasteiger partial charge in [0.2, 0.25) is 5.91 Å². The molecule has 0 spiro atoms. The van der Waals surface area contributed by atoms with Gasteiger partial charge in [0.1, 0.15) is 0 Å². The highest BCUT2D eigenvalue weighted by atomic mass is 16.5. The van der Waals surface area contributed by atoms with Crippen molar-refractivity contribution in [2.75, 3.05) is 51.3 Å². The number of likely N-dealkylation sites (N-methyl/N-ethyl adjacent to an activating group) is 2. The Morgan fingerprint density at radius 1 is 1.38 bits per heavy atom. The summed E-state index contributed by atoms with van der Waals surface area (Å²) >= 11 is 0. The van der Waals surface area contributed by atoms with Crippen LogP contribution >= 0.6 is 0 Å². The number of nitrogens with one attached hydrogen (secondary N) is 1. The highest BCUT2D eigenvalue weighted by Crippen LogP contribution is 2.13. The number of carbonyl (C=O) groups is 1. The number of hydrogen-bond donors (Lipinski definition) is 1. The number of ether oxygens (including phenoxy) is 1. The first-order chi connectivity index (χ1) is 10.2. The van der Waals surface area contributed by atoms with Crippen LogP contribution in [-0.4, -0.2) is 63.3 Å². The number of rotatable bonds is 6. The van der Waals surface area contributed by atoms with E-state index in [0.717, 1.165) is 31.9 Å². The molecule has 1 aromatic rings. The summed E-state index contributed by atoms with van der Waals surface area (Å²) in [5.74, 6) is 0.120. The average molecular weight is 291 g/mol. The van der Waals surface area contributed by atoms with E-state index in [4.69, 9.17) is 4.74 Å². The molecule has 116 valence electrons. The van der Waals surface area contributed by atoms with Crippen LogP contribution in [0.3, 0.4) is 0 Å². The minimum atomic E-state index is 0.120. The number of carbonyl (C=O) groups excluding carboxylic acids is 1. The Hall–Kier alpha value is -1.43. The number of para-hydroxylation sites is 1. The fraction of sp³-hybridized carbons (Fsp3) is 0.562. The number of anilines is 1. The van der Waals surface area contributed by atoms with Gasteiger partial charge in [-0.15, -0.1) is 0 Å². The Bertz CT molecular complexity index is 432. The average Bonchev–Trinajstić information content (AvgIpc) is 2.50. The zero-order valence-electron chi connectivity index (χ0n) is 12.9. The highest BCUT2D eigenvalue weighted by molar-refractivity contribution is 5.94. The SMILES string of the molecule is CCN(C(=O)CN(C)CC1CNCCO1)c1ccccc1. The molecule has 0 saturated carbocycles. The van der Waals surface area contributed by atoms with Gasteiger partial charge < -0.3 is 15.0 Å². The van der Waals surface area contributed by atoms with Crippen LogP contribution in [0.5, 0.6) is 0 Å². The monoisotopic (exact) mass is 291 g/mol. The molecule has 1 aliphatic heterocycles. The molecule has 0 radical (unpaired) electrons. The second-order valence-corrected chi connectivity index (χ2v) is 5.37. The minimum Gasteiger partial charge on any atom is -0.374 e. The van der Waals surface area contributed by atoms with Crippen molar-refractivity contribution < 1.29 is 9.53 Å². The topological polar surface area (TPSA) is 44.8 Å². The summed E-state index contributed by atoms with van der Waals surface area (Å²) in [6.45, 7) is 6.37. The van der Waals surface area contributed by atoms with Gasteiger partial charge in [0.25, 0.3) is 0 Å². The molecule has 0 aliphatic carbocycles. The number of benzene rings is 1. The molecule has 1 N–H and O–H groups in total. The van der Waals surface area contributed by atoms with Crippen molar-refractivity contribution in [1.29, 1.82) is 0 Å². The van der Waals surface area contributed by atoms with Gasteiger partial charge in [-0.05, 0) is 26.1 Å². The van der Waals surface area contributed by atoms with Gasteiger partial charge in [0.05, 0.1) is 19.3 Å². The van der Waals surface area contributed by atoms with Gasteiger partial charge in [-0.3, -0.25) is 9.69 Å². The number of hydrogen-bond acceptors (Lipinski definition) is 4. The lowest BCUT2D eigenvalue weighted by molar-refractivity contribution is -0.119. The lowest BCUT2D eigenvalue weighted by Gasteiger charge is -2.29. The maximum absolute atomic E-state index is 12.5. The maximum atomic E-state index is 12.5. The van der Waals surface area contributed by atoms with E-state index in [-0.39, 0.29) is 12.0 Å². The van der Waals surface area contributed by atoms with E-state index in [0.29, 0.717) is 13.1 Å². The smallest absolute Gasteiger partial charge is 0.241 e. The fourth-order valence-corrected chi connectivity index (χ4v) is 2.58. The first-order valence-corrected chi connectivity index (χ1v) is 7.57. The van der Waals surface area contributed by atoms with Crippen LogP contribution in [0, 0.1) is 0 Å². The molecule has 1 unspecified atom stereocenters. The molecule has 5 nitrogen and oxygen atoms in total. The maximum Gasteiger partial charge on any atom is 0.241 e. The molecule has 1 heterocycles. The molecule has 1 fully saturated rings. The van der Waals surface area contributed by atoms with Gasteiger partial charge in [-0.25, -0.2) is 0 Å². The van der Waals surface area contributed by atoms with Crippen LogP contribution in [0.4, 0.5) is 5.69 Å². The summed E-state index contributed by atoms with van der Waals surface area (Å²) in [5, 5.41) is 3.31. The van der Waals surface area contributed by atoms with E-state index in [9.17, 15) is 4.79 Å².